The number of methoxy groups -OCH3 is 2. The molecule has 0 atom stereocenters. The van der Waals surface area contributed by atoms with Gasteiger partial charge in [-0.05, 0) is 24.6 Å². The number of carbonyl (C=O) groups excluding carboxylic acids is 2. The smallest absolute Gasteiger partial charge is 0.170 e. The number of aliphatic hydroxyl groups is 1. The fraction of sp³-hybridized carbons (Fsp3) is 0.294. The van der Waals surface area contributed by atoms with Crippen molar-refractivity contribution in [3.05, 3.63) is 41.8 Å². The fourth-order valence-corrected chi connectivity index (χ4v) is 2.32. The van der Waals surface area contributed by atoms with Gasteiger partial charge in [0.25, 0.3) is 0 Å². The number of rotatable bonds is 5. The van der Waals surface area contributed by atoms with Gasteiger partial charge in [0.1, 0.15) is 22.8 Å². The number of ether oxygens (including phenoxy) is 2. The van der Waals surface area contributed by atoms with Crippen LogP contribution in [0.25, 0.3) is 0 Å². The second kappa shape index (κ2) is 7.49. The number of anilines is 1. The quantitative estimate of drug-likeness (QED) is 0.493. The van der Waals surface area contributed by atoms with Gasteiger partial charge in [-0.2, -0.15) is 0 Å². The van der Waals surface area contributed by atoms with Crippen LogP contribution in [0.5, 0.6) is 11.5 Å². The zero-order chi connectivity index (χ0) is 16.8. The Labute approximate surface area is 134 Å². The molecule has 2 rings (SSSR count). The van der Waals surface area contributed by atoms with E-state index < -0.39 is 0 Å². The van der Waals surface area contributed by atoms with Crippen molar-refractivity contribution in [2.45, 2.75) is 19.3 Å². The van der Waals surface area contributed by atoms with E-state index in [4.69, 9.17) is 9.47 Å². The fourth-order valence-electron chi connectivity index (χ4n) is 2.32. The van der Waals surface area contributed by atoms with E-state index in [1.165, 1.54) is 19.4 Å². The second-order valence-corrected chi connectivity index (χ2v) is 5.00. The third-order valence-electron chi connectivity index (χ3n) is 3.51. The molecule has 0 unspecified atom stereocenters. The summed E-state index contributed by atoms with van der Waals surface area (Å²) < 4.78 is 10.4. The lowest BCUT2D eigenvalue weighted by molar-refractivity contribution is -0.124. The van der Waals surface area contributed by atoms with Crippen LogP contribution in [0.1, 0.15) is 19.3 Å². The zero-order valence-corrected chi connectivity index (χ0v) is 13.1. The van der Waals surface area contributed by atoms with Gasteiger partial charge in [-0.15, -0.1) is 0 Å². The molecular weight excluding hydrogens is 298 g/mol. The van der Waals surface area contributed by atoms with Crippen LogP contribution in [0.15, 0.2) is 41.8 Å². The van der Waals surface area contributed by atoms with Crippen molar-refractivity contribution in [3.63, 3.8) is 0 Å². The maximum Gasteiger partial charge on any atom is 0.170 e. The van der Waals surface area contributed by atoms with Crippen LogP contribution in [0.3, 0.4) is 0 Å². The predicted molar refractivity (Wildman–Crippen MR) is 85.8 cm³/mol. The van der Waals surface area contributed by atoms with Crippen molar-refractivity contribution < 1.29 is 24.2 Å². The molecule has 0 heterocycles. The highest BCUT2D eigenvalue weighted by atomic mass is 16.5. The highest BCUT2D eigenvalue weighted by Gasteiger charge is 2.26. The van der Waals surface area contributed by atoms with Gasteiger partial charge in [0.15, 0.2) is 11.6 Å². The Balaban J connectivity index is 2.18. The first-order valence-corrected chi connectivity index (χ1v) is 7.21. The van der Waals surface area contributed by atoms with Crippen molar-refractivity contribution in [2.24, 2.45) is 0 Å². The number of nitrogens with one attached hydrogen (secondary N) is 1. The minimum absolute atomic E-state index is 0.119. The van der Waals surface area contributed by atoms with Gasteiger partial charge >= 0.3 is 0 Å². The van der Waals surface area contributed by atoms with Gasteiger partial charge in [0.05, 0.1) is 19.9 Å². The molecule has 0 aliphatic heterocycles. The lowest BCUT2D eigenvalue weighted by atomic mass is 9.91. The number of aliphatic hydroxyl groups excluding tert-OH is 1. The van der Waals surface area contributed by atoms with E-state index in [0.717, 1.165) is 0 Å². The predicted octanol–water partition coefficient (Wildman–Crippen LogP) is 2.76. The topological polar surface area (TPSA) is 84.9 Å². The van der Waals surface area contributed by atoms with Crippen LogP contribution in [0, 0.1) is 0 Å². The molecule has 0 saturated heterocycles. The average Bonchev–Trinajstić information content (AvgIpc) is 2.54. The Hall–Kier alpha value is -2.76. The van der Waals surface area contributed by atoms with E-state index in [1.807, 2.05) is 0 Å². The van der Waals surface area contributed by atoms with E-state index in [1.54, 1.807) is 25.3 Å². The summed E-state index contributed by atoms with van der Waals surface area (Å²) >= 11 is 0. The Kier molecular flexibility index (Phi) is 5.41. The van der Waals surface area contributed by atoms with Crippen LogP contribution in [-0.4, -0.2) is 30.9 Å². The molecule has 0 amide bonds. The summed E-state index contributed by atoms with van der Waals surface area (Å²) in [5.74, 6) is 0.271. The molecular formula is C17H19NO5. The van der Waals surface area contributed by atoms with Crippen LogP contribution in [-0.2, 0) is 9.59 Å². The monoisotopic (exact) mass is 317 g/mol. The molecule has 23 heavy (non-hydrogen) atoms. The Morgan fingerprint density at radius 2 is 1.87 bits per heavy atom. The molecule has 0 bridgehead atoms. The van der Waals surface area contributed by atoms with Gasteiger partial charge in [-0.1, -0.05) is 0 Å². The Morgan fingerprint density at radius 3 is 2.48 bits per heavy atom. The van der Waals surface area contributed by atoms with E-state index in [9.17, 15) is 14.7 Å². The van der Waals surface area contributed by atoms with Crippen LogP contribution in [0.4, 0.5) is 5.69 Å². The first kappa shape index (κ1) is 16.6. The lowest BCUT2D eigenvalue weighted by Crippen LogP contribution is -2.20. The van der Waals surface area contributed by atoms with Crippen molar-refractivity contribution in [2.75, 3.05) is 19.5 Å². The molecule has 1 aromatic carbocycles. The molecule has 6 heteroatoms. The van der Waals surface area contributed by atoms with Crippen LogP contribution < -0.4 is 14.8 Å². The van der Waals surface area contributed by atoms with Crippen molar-refractivity contribution in [3.8, 4) is 11.5 Å². The van der Waals surface area contributed by atoms with E-state index in [-0.39, 0.29) is 35.7 Å². The van der Waals surface area contributed by atoms with Crippen molar-refractivity contribution in [1.29, 1.82) is 0 Å². The summed E-state index contributed by atoms with van der Waals surface area (Å²) in [6.45, 7) is 0. The molecule has 1 fully saturated rings. The number of hydrogen-bond acceptors (Lipinski definition) is 6. The van der Waals surface area contributed by atoms with Gasteiger partial charge < -0.3 is 19.9 Å². The number of ketones is 2. The molecule has 0 spiro atoms. The first-order valence-electron chi connectivity index (χ1n) is 7.21. The standard InChI is InChI=1S/C17H19NO5/c1-22-11-6-7-16(23-2)12(10-11)18-9-8-15(21)17-13(19)4-3-5-14(17)20/h6-10,18,21H,3-5H2,1-2H3/b9-8-. The second-order valence-electron chi connectivity index (χ2n) is 5.00. The Bertz CT molecular complexity index is 658. The largest absolute Gasteiger partial charge is 0.507 e. The summed E-state index contributed by atoms with van der Waals surface area (Å²) in [6.07, 6.45) is 3.84. The third-order valence-corrected chi connectivity index (χ3v) is 3.51. The van der Waals surface area contributed by atoms with Gasteiger partial charge in [-0.3, -0.25) is 9.59 Å². The number of hydrogen-bond donors (Lipinski definition) is 2. The minimum Gasteiger partial charge on any atom is -0.507 e. The average molecular weight is 317 g/mol. The minimum atomic E-state index is -0.325. The van der Waals surface area contributed by atoms with Crippen molar-refractivity contribution >= 4 is 17.3 Å². The number of carbonyl (C=O) groups is 2. The molecule has 2 N–H and O–H groups in total. The highest BCUT2D eigenvalue weighted by molar-refractivity contribution is 6.22. The summed E-state index contributed by atoms with van der Waals surface area (Å²) in [5.41, 5.74) is 0.508. The maximum absolute atomic E-state index is 11.7. The maximum atomic E-state index is 11.7. The molecule has 0 radical (unpaired) electrons. The van der Waals surface area contributed by atoms with E-state index in [2.05, 4.69) is 5.32 Å². The molecule has 6 nitrogen and oxygen atoms in total. The SMILES string of the molecule is COc1ccc(OC)c(N/C=C\C(O)=C2C(=O)CCCC2=O)c1. The number of allylic oxidation sites excluding steroid dienone is 2. The molecule has 1 aliphatic carbocycles. The highest BCUT2D eigenvalue weighted by Crippen LogP contribution is 2.29. The van der Waals surface area contributed by atoms with Crippen LogP contribution >= 0.6 is 0 Å². The number of benzene rings is 1. The molecule has 0 aromatic heterocycles. The summed E-state index contributed by atoms with van der Waals surface area (Å²) in [6, 6.07) is 5.22. The Morgan fingerprint density at radius 1 is 1.17 bits per heavy atom. The van der Waals surface area contributed by atoms with Crippen LogP contribution in [0.2, 0.25) is 0 Å². The first-order chi connectivity index (χ1) is 11.1. The normalized spacial score (nSPS) is 15.0. The summed E-state index contributed by atoms with van der Waals surface area (Å²) in [5, 5.41) is 12.9. The van der Waals surface area contributed by atoms with Gasteiger partial charge in [0.2, 0.25) is 0 Å². The lowest BCUT2D eigenvalue weighted by Gasteiger charge is -2.12. The van der Waals surface area contributed by atoms with E-state index in [0.29, 0.717) is 23.6 Å². The zero-order valence-electron chi connectivity index (χ0n) is 13.1. The summed E-state index contributed by atoms with van der Waals surface area (Å²) in [4.78, 5) is 23.5. The summed E-state index contributed by atoms with van der Waals surface area (Å²) in [7, 11) is 3.09. The van der Waals surface area contributed by atoms with Gasteiger partial charge in [0, 0.05) is 25.1 Å². The molecule has 1 aromatic rings. The van der Waals surface area contributed by atoms with Crippen molar-refractivity contribution in [1.82, 2.24) is 0 Å². The molecule has 122 valence electrons. The molecule has 1 aliphatic rings. The third kappa shape index (κ3) is 3.91. The van der Waals surface area contributed by atoms with Gasteiger partial charge in [-0.25, -0.2) is 0 Å². The van der Waals surface area contributed by atoms with E-state index >= 15 is 0 Å². The molecule has 1 saturated carbocycles. The number of Topliss-reactive ketones (excluding diaryl/α,β-unsaturated/α-hetero) is 2.